The topological polar surface area (TPSA) is 35.0 Å². The van der Waals surface area contributed by atoms with Crippen LogP contribution in [0.2, 0.25) is 0 Å². The van der Waals surface area contributed by atoms with Crippen molar-refractivity contribution >= 4 is 21.6 Å². The van der Waals surface area contributed by atoms with E-state index in [2.05, 4.69) is 40.0 Å². The van der Waals surface area contributed by atoms with E-state index in [-0.39, 0.29) is 0 Å². The number of hydrogen-bond acceptors (Lipinski definition) is 4. The van der Waals surface area contributed by atoms with Crippen LogP contribution in [-0.2, 0) is 0 Å². The Kier molecular flexibility index (Phi) is 4.16. The number of thiophene rings is 1. The van der Waals surface area contributed by atoms with E-state index in [0.717, 1.165) is 37.7 Å². The van der Waals surface area contributed by atoms with Crippen molar-refractivity contribution in [2.24, 2.45) is 0 Å². The van der Waals surface area contributed by atoms with E-state index >= 15 is 0 Å². The molecule has 0 radical (unpaired) electrons. The van der Waals surface area contributed by atoms with Crippen molar-refractivity contribution in [1.29, 1.82) is 0 Å². The summed E-state index contributed by atoms with van der Waals surface area (Å²) in [6.07, 6.45) is 3.65. The van der Waals surface area contributed by atoms with E-state index in [0.29, 0.717) is 0 Å². The normalized spacial score (nSPS) is 10.3. The summed E-state index contributed by atoms with van der Waals surface area (Å²) in [6.45, 7) is 0. The molecule has 0 aliphatic carbocycles. The standard InChI is InChI=1S/C21H14N2OS/c1-24-19-10-5-15(6-11-19)4-8-18-9-7-16-13-20(25-21(16)23-18)17-3-2-12-22-14-17/h2-3,5-7,9-14H,1H3. The van der Waals surface area contributed by atoms with Gasteiger partial charge in [0.25, 0.3) is 0 Å². The molecule has 120 valence electrons. The van der Waals surface area contributed by atoms with Gasteiger partial charge in [-0.15, -0.1) is 11.3 Å². The van der Waals surface area contributed by atoms with Crippen LogP contribution in [0.15, 0.2) is 67.0 Å². The summed E-state index contributed by atoms with van der Waals surface area (Å²) >= 11 is 1.66. The maximum atomic E-state index is 5.16. The molecule has 0 saturated carbocycles. The third-order valence-electron chi connectivity index (χ3n) is 3.75. The molecule has 3 nitrogen and oxygen atoms in total. The highest BCUT2D eigenvalue weighted by molar-refractivity contribution is 7.21. The average molecular weight is 342 g/mol. The first-order valence-corrected chi connectivity index (χ1v) is 8.60. The van der Waals surface area contributed by atoms with Crippen LogP contribution < -0.4 is 4.74 Å². The Morgan fingerprint density at radius 2 is 1.88 bits per heavy atom. The van der Waals surface area contributed by atoms with Gasteiger partial charge in [-0.3, -0.25) is 4.98 Å². The molecule has 0 spiro atoms. The molecule has 0 saturated heterocycles. The predicted octanol–water partition coefficient (Wildman–Crippen LogP) is 4.77. The molecule has 0 amide bonds. The van der Waals surface area contributed by atoms with E-state index in [9.17, 15) is 0 Å². The Bertz CT molecular complexity index is 1070. The highest BCUT2D eigenvalue weighted by Crippen LogP contribution is 2.31. The van der Waals surface area contributed by atoms with Gasteiger partial charge in [-0.1, -0.05) is 12.0 Å². The van der Waals surface area contributed by atoms with E-state index in [1.54, 1.807) is 24.6 Å². The molecule has 0 N–H and O–H groups in total. The van der Waals surface area contributed by atoms with Crippen molar-refractivity contribution in [2.45, 2.75) is 0 Å². The van der Waals surface area contributed by atoms with Gasteiger partial charge in [0, 0.05) is 33.8 Å². The van der Waals surface area contributed by atoms with Gasteiger partial charge in [0.1, 0.15) is 16.3 Å². The first-order chi connectivity index (χ1) is 12.3. The fourth-order valence-corrected chi connectivity index (χ4v) is 3.47. The number of benzene rings is 1. The molecule has 4 aromatic rings. The molecule has 0 bridgehead atoms. The summed E-state index contributed by atoms with van der Waals surface area (Å²) in [6, 6.07) is 17.9. The van der Waals surface area contributed by atoms with Crippen molar-refractivity contribution in [2.75, 3.05) is 7.11 Å². The van der Waals surface area contributed by atoms with Crippen LogP contribution in [-0.4, -0.2) is 17.1 Å². The van der Waals surface area contributed by atoms with Gasteiger partial charge in [-0.2, -0.15) is 0 Å². The monoisotopic (exact) mass is 342 g/mol. The van der Waals surface area contributed by atoms with E-state index < -0.39 is 0 Å². The van der Waals surface area contributed by atoms with Gasteiger partial charge < -0.3 is 4.74 Å². The molecular formula is C21H14N2OS. The molecule has 25 heavy (non-hydrogen) atoms. The zero-order valence-electron chi connectivity index (χ0n) is 13.6. The number of methoxy groups -OCH3 is 1. The largest absolute Gasteiger partial charge is 0.497 e. The van der Waals surface area contributed by atoms with Crippen LogP contribution in [0.4, 0.5) is 0 Å². The highest BCUT2D eigenvalue weighted by atomic mass is 32.1. The number of pyridine rings is 2. The van der Waals surface area contributed by atoms with Crippen LogP contribution in [0.3, 0.4) is 0 Å². The van der Waals surface area contributed by atoms with Gasteiger partial charge in [-0.25, -0.2) is 4.98 Å². The van der Waals surface area contributed by atoms with Gasteiger partial charge in [-0.05, 0) is 54.5 Å². The first-order valence-electron chi connectivity index (χ1n) is 7.79. The lowest BCUT2D eigenvalue weighted by Gasteiger charge is -1.97. The fourth-order valence-electron chi connectivity index (χ4n) is 2.45. The molecule has 0 unspecified atom stereocenters. The summed E-state index contributed by atoms with van der Waals surface area (Å²) < 4.78 is 5.16. The molecule has 3 heterocycles. The molecule has 0 atom stereocenters. The number of rotatable bonds is 2. The van der Waals surface area contributed by atoms with Crippen LogP contribution in [0.1, 0.15) is 11.3 Å². The van der Waals surface area contributed by atoms with E-state index in [1.807, 2.05) is 42.6 Å². The fraction of sp³-hybridized carbons (Fsp3) is 0.0476. The Labute approximate surface area is 150 Å². The molecule has 4 rings (SSSR count). The SMILES string of the molecule is COc1ccc(C#Cc2ccc3cc(-c4cccnc4)sc3n2)cc1. The second kappa shape index (κ2) is 6.76. The van der Waals surface area contributed by atoms with Crippen LogP contribution in [0.25, 0.3) is 20.7 Å². The Morgan fingerprint density at radius 3 is 2.64 bits per heavy atom. The predicted molar refractivity (Wildman–Crippen MR) is 102 cm³/mol. The third kappa shape index (κ3) is 3.37. The Balaban J connectivity index is 1.64. The maximum absolute atomic E-state index is 5.16. The van der Waals surface area contributed by atoms with Crippen molar-refractivity contribution in [3.05, 3.63) is 78.2 Å². The number of fused-ring (bicyclic) bond motifs is 1. The summed E-state index contributed by atoms with van der Waals surface area (Å²) in [7, 11) is 1.65. The summed E-state index contributed by atoms with van der Waals surface area (Å²) in [5.74, 6) is 7.10. The molecule has 3 aromatic heterocycles. The molecule has 0 fully saturated rings. The molecular weight excluding hydrogens is 328 g/mol. The lowest BCUT2D eigenvalue weighted by molar-refractivity contribution is 0.415. The van der Waals surface area contributed by atoms with Gasteiger partial charge in [0.05, 0.1) is 7.11 Å². The van der Waals surface area contributed by atoms with Crippen LogP contribution in [0, 0.1) is 11.8 Å². The lowest BCUT2D eigenvalue weighted by Crippen LogP contribution is -1.83. The smallest absolute Gasteiger partial charge is 0.125 e. The second-order valence-electron chi connectivity index (χ2n) is 5.42. The summed E-state index contributed by atoms with van der Waals surface area (Å²) in [4.78, 5) is 11.0. The van der Waals surface area contributed by atoms with Crippen molar-refractivity contribution in [3.63, 3.8) is 0 Å². The molecule has 0 aliphatic rings. The van der Waals surface area contributed by atoms with Gasteiger partial charge in [0.2, 0.25) is 0 Å². The summed E-state index contributed by atoms with van der Waals surface area (Å²) in [5.41, 5.74) is 2.81. The number of hydrogen-bond donors (Lipinski definition) is 0. The summed E-state index contributed by atoms with van der Waals surface area (Å²) in [5, 5.41) is 1.12. The number of ether oxygens (including phenoxy) is 1. The molecule has 4 heteroatoms. The number of aromatic nitrogens is 2. The maximum Gasteiger partial charge on any atom is 0.125 e. The van der Waals surface area contributed by atoms with Crippen LogP contribution in [0.5, 0.6) is 5.75 Å². The Morgan fingerprint density at radius 1 is 1.00 bits per heavy atom. The second-order valence-corrected chi connectivity index (χ2v) is 6.45. The van der Waals surface area contributed by atoms with E-state index in [1.165, 1.54) is 0 Å². The van der Waals surface area contributed by atoms with Gasteiger partial charge >= 0.3 is 0 Å². The molecule has 1 aromatic carbocycles. The zero-order chi connectivity index (χ0) is 17.1. The third-order valence-corrected chi connectivity index (χ3v) is 4.85. The van der Waals surface area contributed by atoms with Crippen molar-refractivity contribution in [3.8, 4) is 28.0 Å². The average Bonchev–Trinajstić information content (AvgIpc) is 3.11. The van der Waals surface area contributed by atoms with Crippen molar-refractivity contribution in [1.82, 2.24) is 9.97 Å². The first kappa shape index (κ1) is 15.4. The van der Waals surface area contributed by atoms with Crippen LogP contribution >= 0.6 is 11.3 Å². The quantitative estimate of drug-likeness (QED) is 0.492. The number of nitrogens with zero attached hydrogens (tertiary/aromatic N) is 2. The lowest BCUT2D eigenvalue weighted by atomic mass is 10.2. The zero-order valence-corrected chi connectivity index (χ0v) is 14.4. The van der Waals surface area contributed by atoms with Gasteiger partial charge in [0.15, 0.2) is 0 Å². The minimum atomic E-state index is 0.767. The minimum absolute atomic E-state index is 0.767. The van der Waals surface area contributed by atoms with Crippen molar-refractivity contribution < 1.29 is 4.74 Å². The molecule has 0 aliphatic heterocycles. The highest BCUT2D eigenvalue weighted by Gasteiger charge is 2.05. The van der Waals surface area contributed by atoms with E-state index in [4.69, 9.17) is 4.74 Å². The Hall–Kier alpha value is -3.16. The minimum Gasteiger partial charge on any atom is -0.497 e.